The van der Waals surface area contributed by atoms with E-state index in [2.05, 4.69) is 17.2 Å². The maximum absolute atomic E-state index is 13.1. The Morgan fingerprint density at radius 2 is 1.75 bits per heavy atom. The molecule has 1 aliphatic heterocycles. The van der Waals surface area contributed by atoms with Crippen molar-refractivity contribution in [1.82, 2.24) is 14.9 Å². The summed E-state index contributed by atoms with van der Waals surface area (Å²) in [5.41, 5.74) is 1.55. The van der Waals surface area contributed by atoms with Gasteiger partial charge in [-0.1, -0.05) is 36.9 Å². The number of hydrogen-bond donors (Lipinski definition) is 2. The third-order valence-electron chi connectivity index (χ3n) is 5.52. The molecule has 32 heavy (non-hydrogen) atoms. The number of sulfonamides is 1. The molecule has 1 unspecified atom stereocenters. The highest BCUT2D eigenvalue weighted by Crippen LogP contribution is 2.21. The molecule has 2 aromatic rings. The second-order valence-corrected chi connectivity index (χ2v) is 9.70. The molecule has 0 bridgehead atoms. The fourth-order valence-corrected chi connectivity index (χ4v) is 5.20. The lowest BCUT2D eigenvalue weighted by Crippen LogP contribution is -2.36. The quantitative estimate of drug-likeness (QED) is 0.598. The molecule has 0 radical (unpaired) electrons. The van der Waals surface area contributed by atoms with E-state index >= 15 is 0 Å². The Morgan fingerprint density at radius 3 is 2.44 bits per heavy atom. The van der Waals surface area contributed by atoms with Crippen molar-refractivity contribution in [2.75, 3.05) is 19.6 Å². The average Bonchev–Trinajstić information content (AvgIpc) is 3.06. The Bertz CT molecular complexity index is 1040. The molecule has 170 valence electrons. The summed E-state index contributed by atoms with van der Waals surface area (Å²) < 4.78 is 27.6. The molecule has 0 aliphatic carbocycles. The van der Waals surface area contributed by atoms with Crippen molar-refractivity contribution in [3.05, 3.63) is 78.4 Å². The van der Waals surface area contributed by atoms with E-state index in [0.29, 0.717) is 44.5 Å². The van der Waals surface area contributed by atoms with Gasteiger partial charge in [-0.2, -0.15) is 4.31 Å². The molecular weight excluding hydrogens is 426 g/mol. The van der Waals surface area contributed by atoms with Crippen LogP contribution in [0.25, 0.3) is 0 Å². The largest absolute Gasteiger partial charge is 0.352 e. The molecule has 0 aromatic heterocycles. The monoisotopic (exact) mass is 455 g/mol. The molecule has 1 atom stereocenters. The Kier molecular flexibility index (Phi) is 8.19. The van der Waals surface area contributed by atoms with Crippen LogP contribution in [-0.2, 0) is 21.2 Å². The summed E-state index contributed by atoms with van der Waals surface area (Å²) in [5.74, 6) is -0.482. The van der Waals surface area contributed by atoms with Crippen molar-refractivity contribution >= 4 is 21.8 Å². The summed E-state index contributed by atoms with van der Waals surface area (Å²) in [4.78, 5) is 24.1. The van der Waals surface area contributed by atoms with Gasteiger partial charge in [0.15, 0.2) is 0 Å². The Labute approximate surface area is 189 Å². The van der Waals surface area contributed by atoms with Crippen LogP contribution < -0.4 is 10.6 Å². The van der Waals surface area contributed by atoms with Crippen LogP contribution >= 0.6 is 0 Å². The van der Waals surface area contributed by atoms with Crippen LogP contribution in [0.1, 0.15) is 35.2 Å². The van der Waals surface area contributed by atoms with Gasteiger partial charge in [0.05, 0.1) is 4.90 Å². The van der Waals surface area contributed by atoms with Crippen molar-refractivity contribution in [2.45, 2.75) is 36.6 Å². The molecule has 1 fully saturated rings. The standard InChI is InChI=1S/C24H29N3O4S/c1-2-23(28)26-21-9-6-17-27(18-15-21)32(30,31)22-12-10-20(11-13-22)24(29)25-16-14-19-7-4-3-5-8-19/h2-5,7-8,10-13,21H,1,6,9,14-18H2,(H,25,29)(H,26,28). The zero-order chi connectivity index (χ0) is 23.0. The molecule has 7 nitrogen and oxygen atoms in total. The van der Waals surface area contributed by atoms with Gasteiger partial charge in [-0.15, -0.1) is 0 Å². The zero-order valence-electron chi connectivity index (χ0n) is 18.0. The molecule has 2 aromatic carbocycles. The van der Waals surface area contributed by atoms with E-state index in [1.54, 1.807) is 0 Å². The fourth-order valence-electron chi connectivity index (χ4n) is 3.71. The highest BCUT2D eigenvalue weighted by molar-refractivity contribution is 7.89. The Hall–Kier alpha value is -2.97. The maximum Gasteiger partial charge on any atom is 0.251 e. The number of benzene rings is 2. The second-order valence-electron chi connectivity index (χ2n) is 7.76. The van der Waals surface area contributed by atoms with Gasteiger partial charge in [0.2, 0.25) is 15.9 Å². The highest BCUT2D eigenvalue weighted by Gasteiger charge is 2.28. The highest BCUT2D eigenvalue weighted by atomic mass is 32.2. The van der Waals surface area contributed by atoms with Crippen molar-refractivity contribution in [3.63, 3.8) is 0 Å². The number of carbonyl (C=O) groups excluding carboxylic acids is 2. The van der Waals surface area contributed by atoms with Crippen LogP contribution in [0.15, 0.2) is 72.1 Å². The maximum atomic E-state index is 13.1. The van der Waals surface area contributed by atoms with Crippen LogP contribution in [0.5, 0.6) is 0 Å². The summed E-state index contributed by atoms with van der Waals surface area (Å²) in [6, 6.07) is 15.8. The predicted octanol–water partition coefficient (Wildman–Crippen LogP) is 2.50. The normalized spacial score (nSPS) is 17.2. The molecule has 0 saturated carbocycles. The summed E-state index contributed by atoms with van der Waals surface area (Å²) in [7, 11) is -3.67. The molecule has 8 heteroatoms. The molecule has 1 heterocycles. The Balaban J connectivity index is 1.57. The minimum absolute atomic E-state index is 0.0670. The first-order valence-corrected chi connectivity index (χ1v) is 12.2. The van der Waals surface area contributed by atoms with E-state index in [4.69, 9.17) is 0 Å². The van der Waals surface area contributed by atoms with E-state index < -0.39 is 10.0 Å². The van der Waals surface area contributed by atoms with E-state index in [1.165, 1.54) is 34.6 Å². The molecular formula is C24H29N3O4S. The topological polar surface area (TPSA) is 95.6 Å². The summed E-state index contributed by atoms with van der Waals surface area (Å²) in [6.45, 7) is 4.67. The lowest BCUT2D eigenvalue weighted by molar-refractivity contribution is -0.117. The third-order valence-corrected chi connectivity index (χ3v) is 7.43. The smallest absolute Gasteiger partial charge is 0.251 e. The van der Waals surface area contributed by atoms with Crippen molar-refractivity contribution in [1.29, 1.82) is 0 Å². The first-order chi connectivity index (χ1) is 15.4. The van der Waals surface area contributed by atoms with Crippen LogP contribution in [0.4, 0.5) is 0 Å². The number of nitrogens with zero attached hydrogens (tertiary/aromatic N) is 1. The second kappa shape index (κ2) is 11.1. The van der Waals surface area contributed by atoms with Gasteiger partial charge in [-0.25, -0.2) is 8.42 Å². The summed E-state index contributed by atoms with van der Waals surface area (Å²) in [5, 5.41) is 5.71. The molecule has 2 N–H and O–H groups in total. The fraction of sp³-hybridized carbons (Fsp3) is 0.333. The van der Waals surface area contributed by atoms with E-state index in [1.807, 2.05) is 30.3 Å². The van der Waals surface area contributed by atoms with Gasteiger partial charge in [0.25, 0.3) is 5.91 Å². The minimum atomic E-state index is -3.67. The number of amides is 2. The van der Waals surface area contributed by atoms with Gasteiger partial charge >= 0.3 is 0 Å². The summed E-state index contributed by atoms with van der Waals surface area (Å²) in [6.07, 6.45) is 3.86. The lowest BCUT2D eigenvalue weighted by Gasteiger charge is -2.20. The van der Waals surface area contributed by atoms with Crippen molar-refractivity contribution < 1.29 is 18.0 Å². The average molecular weight is 456 g/mol. The van der Waals surface area contributed by atoms with Crippen LogP contribution in [0.3, 0.4) is 0 Å². The number of carbonyl (C=O) groups is 2. The van der Waals surface area contributed by atoms with E-state index in [0.717, 1.165) is 12.0 Å². The van der Waals surface area contributed by atoms with Crippen molar-refractivity contribution in [3.8, 4) is 0 Å². The number of nitrogens with one attached hydrogen (secondary N) is 2. The first kappa shape index (κ1) is 23.7. The van der Waals surface area contributed by atoms with E-state index in [9.17, 15) is 18.0 Å². The lowest BCUT2D eigenvalue weighted by atomic mass is 10.1. The van der Waals surface area contributed by atoms with Crippen LogP contribution in [-0.4, -0.2) is 50.2 Å². The molecule has 2 amide bonds. The SMILES string of the molecule is C=CC(=O)NC1CCCN(S(=O)(=O)c2ccc(C(=O)NCCc3ccccc3)cc2)CC1. The van der Waals surface area contributed by atoms with Gasteiger partial charge in [-0.05, 0) is 61.6 Å². The molecule has 0 spiro atoms. The third kappa shape index (κ3) is 6.27. The zero-order valence-corrected chi connectivity index (χ0v) is 18.8. The Morgan fingerprint density at radius 1 is 1.03 bits per heavy atom. The van der Waals surface area contributed by atoms with Crippen molar-refractivity contribution in [2.24, 2.45) is 0 Å². The minimum Gasteiger partial charge on any atom is -0.352 e. The molecule has 1 aliphatic rings. The van der Waals surface area contributed by atoms with Gasteiger partial charge < -0.3 is 10.6 Å². The van der Waals surface area contributed by atoms with Gasteiger partial charge in [0, 0.05) is 31.2 Å². The van der Waals surface area contributed by atoms with E-state index in [-0.39, 0.29) is 22.8 Å². The predicted molar refractivity (Wildman–Crippen MR) is 124 cm³/mol. The van der Waals surface area contributed by atoms with Crippen LogP contribution in [0, 0.1) is 0 Å². The van der Waals surface area contributed by atoms with Gasteiger partial charge in [-0.3, -0.25) is 9.59 Å². The molecule has 1 saturated heterocycles. The first-order valence-electron chi connectivity index (χ1n) is 10.8. The van der Waals surface area contributed by atoms with Gasteiger partial charge in [0.1, 0.15) is 0 Å². The summed E-state index contributed by atoms with van der Waals surface area (Å²) >= 11 is 0. The number of rotatable bonds is 8. The van der Waals surface area contributed by atoms with Crippen LogP contribution in [0.2, 0.25) is 0 Å². The number of hydrogen-bond acceptors (Lipinski definition) is 4. The molecule has 3 rings (SSSR count).